The molecule has 0 spiro atoms. The molecule has 1 aromatic rings. The van der Waals surface area contributed by atoms with Crippen LogP contribution < -0.4 is 5.73 Å². The molecule has 0 heterocycles. The molecule has 0 aliphatic carbocycles. The van der Waals surface area contributed by atoms with E-state index in [-0.39, 0.29) is 6.04 Å². The van der Waals surface area contributed by atoms with Crippen LogP contribution >= 0.6 is 15.9 Å². The van der Waals surface area contributed by atoms with Crippen molar-refractivity contribution in [3.05, 3.63) is 33.3 Å². The fourth-order valence-electron chi connectivity index (χ4n) is 1.44. The molecule has 2 nitrogen and oxygen atoms in total. The predicted octanol–water partition coefficient (Wildman–Crippen LogP) is 2.45. The van der Waals surface area contributed by atoms with Gasteiger partial charge in [-0.2, -0.15) is 0 Å². The van der Waals surface area contributed by atoms with Gasteiger partial charge in [0.05, 0.1) is 6.10 Å². The Morgan fingerprint density at radius 3 is 2.36 bits per heavy atom. The number of aryl methyl sites for hydroxylation is 2. The smallest absolute Gasteiger partial charge is 0.0941 e. The van der Waals surface area contributed by atoms with Crippen molar-refractivity contribution in [2.45, 2.75) is 32.9 Å². The van der Waals surface area contributed by atoms with Crippen molar-refractivity contribution in [3.8, 4) is 0 Å². The van der Waals surface area contributed by atoms with Gasteiger partial charge in [0, 0.05) is 10.5 Å². The molecule has 3 N–H and O–H groups in total. The number of halogens is 1. The van der Waals surface area contributed by atoms with Crippen molar-refractivity contribution in [3.63, 3.8) is 0 Å². The molecule has 0 saturated heterocycles. The number of hydrogen-bond donors (Lipinski definition) is 2. The van der Waals surface area contributed by atoms with Crippen molar-refractivity contribution in [2.24, 2.45) is 5.73 Å². The first kappa shape index (κ1) is 11.7. The van der Waals surface area contributed by atoms with Crippen LogP contribution in [0, 0.1) is 13.8 Å². The van der Waals surface area contributed by atoms with Gasteiger partial charge in [-0.3, -0.25) is 0 Å². The summed E-state index contributed by atoms with van der Waals surface area (Å²) in [6, 6.07) is 3.74. The summed E-state index contributed by atoms with van der Waals surface area (Å²) < 4.78 is 1.01. The van der Waals surface area contributed by atoms with E-state index in [1.807, 2.05) is 26.0 Å². The second kappa shape index (κ2) is 4.43. The molecular formula is C11H16BrNO. The van der Waals surface area contributed by atoms with Crippen LogP contribution in [0.25, 0.3) is 0 Å². The highest BCUT2D eigenvalue weighted by Gasteiger charge is 2.15. The van der Waals surface area contributed by atoms with Gasteiger partial charge in [-0.15, -0.1) is 0 Å². The van der Waals surface area contributed by atoms with Gasteiger partial charge in [0.1, 0.15) is 0 Å². The Kier molecular flexibility index (Phi) is 3.70. The van der Waals surface area contributed by atoms with Crippen LogP contribution in [0.1, 0.15) is 29.7 Å². The highest BCUT2D eigenvalue weighted by Crippen LogP contribution is 2.26. The lowest BCUT2D eigenvalue weighted by Gasteiger charge is -2.18. The lowest BCUT2D eigenvalue weighted by Crippen LogP contribution is -2.25. The zero-order valence-electron chi connectivity index (χ0n) is 8.71. The molecule has 1 rings (SSSR count). The van der Waals surface area contributed by atoms with Crippen molar-refractivity contribution >= 4 is 15.9 Å². The summed E-state index contributed by atoms with van der Waals surface area (Å²) in [5.41, 5.74) is 8.81. The maximum atomic E-state index is 9.85. The molecule has 0 amide bonds. The minimum atomic E-state index is -0.591. The van der Waals surface area contributed by atoms with Crippen molar-refractivity contribution < 1.29 is 5.11 Å². The fourth-order valence-corrected chi connectivity index (χ4v) is 1.80. The summed E-state index contributed by atoms with van der Waals surface area (Å²) >= 11 is 3.45. The Hall–Kier alpha value is -0.380. The molecule has 0 aliphatic rings. The molecule has 0 fully saturated rings. The van der Waals surface area contributed by atoms with Gasteiger partial charge in [-0.25, -0.2) is 0 Å². The first-order valence-electron chi connectivity index (χ1n) is 4.63. The van der Waals surface area contributed by atoms with Crippen LogP contribution in [0.15, 0.2) is 16.6 Å². The standard InChI is InChI=1S/C11H16BrNO/c1-6-4-7(2)10(12)5-9(6)11(14)8(3)13/h4-5,8,11,14H,13H2,1-3H3/t8-,11-/m0/s1. The van der Waals surface area contributed by atoms with Crippen LogP contribution in [0.3, 0.4) is 0 Å². The van der Waals surface area contributed by atoms with Crippen molar-refractivity contribution in [1.82, 2.24) is 0 Å². The number of aliphatic hydroxyl groups is 1. The van der Waals surface area contributed by atoms with Crippen molar-refractivity contribution in [2.75, 3.05) is 0 Å². The summed E-state index contributed by atoms with van der Waals surface area (Å²) in [4.78, 5) is 0. The highest BCUT2D eigenvalue weighted by molar-refractivity contribution is 9.10. The highest BCUT2D eigenvalue weighted by atomic mass is 79.9. The average Bonchev–Trinajstić information content (AvgIpc) is 2.10. The number of hydrogen-bond acceptors (Lipinski definition) is 2. The molecule has 14 heavy (non-hydrogen) atoms. The van der Waals surface area contributed by atoms with E-state index in [1.165, 1.54) is 5.56 Å². The lowest BCUT2D eigenvalue weighted by atomic mass is 9.97. The van der Waals surface area contributed by atoms with Crippen molar-refractivity contribution in [1.29, 1.82) is 0 Å². The number of aliphatic hydroxyl groups excluding tert-OH is 1. The first-order chi connectivity index (χ1) is 6.43. The molecule has 0 aliphatic heterocycles. The fraction of sp³-hybridized carbons (Fsp3) is 0.455. The molecule has 2 atom stereocenters. The lowest BCUT2D eigenvalue weighted by molar-refractivity contribution is 0.152. The molecule has 0 unspecified atom stereocenters. The Balaban J connectivity index is 3.15. The monoisotopic (exact) mass is 257 g/mol. The van der Waals surface area contributed by atoms with E-state index < -0.39 is 6.10 Å². The minimum Gasteiger partial charge on any atom is -0.387 e. The van der Waals surface area contributed by atoms with Gasteiger partial charge in [0.2, 0.25) is 0 Å². The predicted molar refractivity (Wildman–Crippen MR) is 62.2 cm³/mol. The van der Waals surface area contributed by atoms with E-state index in [0.29, 0.717) is 0 Å². The van der Waals surface area contributed by atoms with Gasteiger partial charge < -0.3 is 10.8 Å². The zero-order valence-corrected chi connectivity index (χ0v) is 10.3. The number of benzene rings is 1. The van der Waals surface area contributed by atoms with Gasteiger partial charge >= 0.3 is 0 Å². The maximum Gasteiger partial charge on any atom is 0.0941 e. The number of rotatable bonds is 2. The quantitative estimate of drug-likeness (QED) is 0.855. The maximum absolute atomic E-state index is 9.85. The van der Waals surface area contributed by atoms with Crippen LogP contribution in [-0.2, 0) is 0 Å². The minimum absolute atomic E-state index is 0.247. The van der Waals surface area contributed by atoms with E-state index in [9.17, 15) is 5.11 Å². The molecule has 1 aromatic carbocycles. The van der Waals surface area contributed by atoms with Crippen LogP contribution in [0.4, 0.5) is 0 Å². The van der Waals surface area contributed by atoms with Gasteiger partial charge in [0.15, 0.2) is 0 Å². The molecule has 0 saturated carbocycles. The Bertz CT molecular complexity index is 336. The van der Waals surface area contributed by atoms with Gasteiger partial charge in [-0.05, 0) is 43.5 Å². The molecular weight excluding hydrogens is 242 g/mol. The Morgan fingerprint density at radius 2 is 1.86 bits per heavy atom. The average molecular weight is 258 g/mol. The van der Waals surface area contributed by atoms with E-state index in [1.54, 1.807) is 6.92 Å². The van der Waals surface area contributed by atoms with E-state index >= 15 is 0 Å². The normalized spacial score (nSPS) is 15.3. The van der Waals surface area contributed by atoms with Crippen LogP contribution in [0.5, 0.6) is 0 Å². The first-order valence-corrected chi connectivity index (χ1v) is 5.43. The van der Waals surface area contributed by atoms with E-state index in [0.717, 1.165) is 15.6 Å². The third-order valence-corrected chi connectivity index (χ3v) is 3.22. The Labute approximate surface area is 93.3 Å². The van der Waals surface area contributed by atoms with Crippen LogP contribution in [0.2, 0.25) is 0 Å². The molecule has 0 aromatic heterocycles. The van der Waals surface area contributed by atoms with Crippen LogP contribution in [-0.4, -0.2) is 11.1 Å². The summed E-state index contributed by atoms with van der Waals surface area (Å²) in [5, 5.41) is 9.85. The second-order valence-electron chi connectivity index (χ2n) is 3.76. The van der Waals surface area contributed by atoms with Gasteiger partial charge in [-0.1, -0.05) is 22.0 Å². The molecule has 3 heteroatoms. The third kappa shape index (κ3) is 2.35. The molecule has 0 bridgehead atoms. The SMILES string of the molecule is Cc1cc(C)c([C@@H](O)[C@H](C)N)cc1Br. The zero-order chi connectivity index (χ0) is 10.9. The Morgan fingerprint density at radius 1 is 1.29 bits per heavy atom. The molecule has 78 valence electrons. The third-order valence-electron chi connectivity index (χ3n) is 2.36. The van der Waals surface area contributed by atoms with Gasteiger partial charge in [0.25, 0.3) is 0 Å². The summed E-state index contributed by atoms with van der Waals surface area (Å²) in [6.07, 6.45) is -0.591. The second-order valence-corrected chi connectivity index (χ2v) is 4.62. The van der Waals surface area contributed by atoms with E-state index in [2.05, 4.69) is 15.9 Å². The topological polar surface area (TPSA) is 46.2 Å². The summed E-state index contributed by atoms with van der Waals surface area (Å²) in [5.74, 6) is 0. The summed E-state index contributed by atoms with van der Waals surface area (Å²) in [7, 11) is 0. The summed E-state index contributed by atoms with van der Waals surface area (Å²) in [6.45, 7) is 5.82. The van der Waals surface area contributed by atoms with E-state index in [4.69, 9.17) is 5.73 Å². The molecule has 0 radical (unpaired) electrons. The number of nitrogens with two attached hydrogens (primary N) is 1. The largest absolute Gasteiger partial charge is 0.387 e.